The third-order valence-corrected chi connectivity index (χ3v) is 16.8. The van der Waals surface area contributed by atoms with E-state index >= 15 is 0 Å². The van der Waals surface area contributed by atoms with Gasteiger partial charge in [-0.05, 0) is 80.3 Å². The first kappa shape index (κ1) is 119. The van der Waals surface area contributed by atoms with Gasteiger partial charge in [0.2, 0.25) is 19.3 Å². The molecule has 31 heteroatoms. The molecule has 0 radical (unpaired) electrons. The fourth-order valence-electron chi connectivity index (χ4n) is 9.62. The van der Waals surface area contributed by atoms with Crippen LogP contribution in [0.4, 0.5) is 49.1 Å². The molecule has 0 spiro atoms. The van der Waals surface area contributed by atoms with Gasteiger partial charge in [0, 0.05) is 77.6 Å². The Kier molecular flexibility index (Phi) is 63.6. The van der Waals surface area contributed by atoms with Crippen LogP contribution in [0.15, 0.2) is 253 Å². The van der Waals surface area contributed by atoms with Crippen LogP contribution in [-0.2, 0) is 55.0 Å². The summed E-state index contributed by atoms with van der Waals surface area (Å²) in [5.41, 5.74) is 21.9. The predicted octanol–water partition coefficient (Wildman–Crippen LogP) is 22.5. The predicted molar refractivity (Wildman–Crippen MR) is 474 cm³/mol. The number of nitriles is 4. The zero-order valence-electron chi connectivity index (χ0n) is 68.1. The second-order valence-electron chi connectivity index (χ2n) is 28.0. The highest BCUT2D eigenvalue weighted by Crippen LogP contribution is 2.30. The molecular weight excluding hydrogens is 1690 g/mol. The summed E-state index contributed by atoms with van der Waals surface area (Å²) < 4.78 is 129. The van der Waals surface area contributed by atoms with Gasteiger partial charge in [0.05, 0.1) is 68.6 Å². The van der Waals surface area contributed by atoms with Crippen molar-refractivity contribution in [1.82, 2.24) is 0 Å². The molecule has 0 saturated carbocycles. The van der Waals surface area contributed by atoms with E-state index in [-0.39, 0.29) is 117 Å². The van der Waals surface area contributed by atoms with Gasteiger partial charge in [-0.1, -0.05) is 271 Å². The molecule has 123 heavy (non-hydrogen) atoms. The van der Waals surface area contributed by atoms with Crippen molar-refractivity contribution in [2.75, 3.05) is 33.1 Å². The highest BCUT2D eigenvalue weighted by atomic mass is 35.5. The molecule has 8 rings (SSSR count). The number of esters is 2. The lowest BCUT2D eigenvalue weighted by Crippen LogP contribution is -2.36. The van der Waals surface area contributed by atoms with Crippen molar-refractivity contribution in [3.05, 3.63) is 287 Å². The Labute approximate surface area is 740 Å². The highest BCUT2D eigenvalue weighted by molar-refractivity contribution is 6.61. The van der Waals surface area contributed by atoms with E-state index in [4.69, 9.17) is 66.1 Å². The van der Waals surface area contributed by atoms with E-state index in [1.54, 1.807) is 32.9 Å². The maximum atomic E-state index is 12.8. The van der Waals surface area contributed by atoms with E-state index in [1.807, 2.05) is 249 Å². The number of carbonyl (C=O) groups excluding carboxylic acids is 4. The zero-order chi connectivity index (χ0) is 89.2. The minimum Gasteiger partial charge on any atom is -0.461 e. The lowest BCUT2D eigenvalue weighted by molar-refractivity contribution is -0.148. The maximum absolute atomic E-state index is 12.8. The molecule has 8 aromatic rings. The fraction of sp³-hybridized carbons (Fsp3) is 0.370. The standard InChI is InChI=1S/C18H16F2N2.C18H17FN2.C14H19F2NO2.C14H20FNO2.2C8H7ClO2.C5H8F2N2.C5H9FN2.2CH4.2ClH/c1-18(13-21,12-16(19)20)22-17(14-8-4-2-5-9-14)15-10-6-3-7-11-15;1-18(14-20,12-13-19)21-17(15-8-4-2-5-9-15)16-10-6-3-7-11-16;1-14(10-17,7-12(15)16)8-13(18)19-9-11-5-3-2-4-6-11;1-14(11-16,7-8-15)9-13(17)18-10-12-5-3-2-4-6-12;2*9-8(10)11-6-7-4-2-1-3-5-7;1-5(9,3-8)2-4(6)7;1-5(8,4-7)2-3-6;;;;/h2-11,16H,12H2,1H3;2-11H,12-13H2,1H3;2-6,12H,7-10,17H2,1H3;2-6H,7-11,16H2,1H3;2*1-5H,6H2;4H,2,9H2,1H3;2-3,8H2,1H3;2*1H4;2*1H. The lowest BCUT2D eigenvalue weighted by Gasteiger charge is -2.26. The largest absolute Gasteiger partial charge is 0.461 e. The van der Waals surface area contributed by atoms with Gasteiger partial charge in [0.1, 0.15) is 48.6 Å². The molecule has 0 heterocycles. The Bertz CT molecular complexity index is 4270. The average Bonchev–Trinajstić information content (AvgIpc) is 0.823. The Morgan fingerprint density at radius 2 is 0.618 bits per heavy atom. The number of rotatable bonds is 32. The molecule has 18 nitrogen and oxygen atoms in total. The minimum absolute atomic E-state index is 0. The van der Waals surface area contributed by atoms with Crippen molar-refractivity contribution < 1.29 is 77.6 Å². The summed E-state index contributed by atoms with van der Waals surface area (Å²) in [6, 6.07) is 82.6. The number of hydrogen-bond donors (Lipinski definition) is 4. The number of aliphatic imine (C=N–C) groups is 2. The van der Waals surface area contributed by atoms with Gasteiger partial charge in [-0.25, -0.2) is 35.9 Å². The van der Waals surface area contributed by atoms with Gasteiger partial charge in [0.25, 0.3) is 0 Å². The molecule has 0 aromatic heterocycles. The van der Waals surface area contributed by atoms with Gasteiger partial charge in [-0.15, -0.1) is 24.8 Å². The summed E-state index contributed by atoms with van der Waals surface area (Å²) in [5.74, 6) is -0.835. The van der Waals surface area contributed by atoms with Gasteiger partial charge in [-0.2, -0.15) is 21.0 Å². The van der Waals surface area contributed by atoms with Crippen molar-refractivity contribution in [2.24, 2.45) is 43.7 Å². The molecule has 6 unspecified atom stereocenters. The van der Waals surface area contributed by atoms with Crippen LogP contribution in [0.2, 0.25) is 0 Å². The molecule has 8 N–H and O–H groups in total. The van der Waals surface area contributed by atoms with Crippen LogP contribution in [0.5, 0.6) is 0 Å². The number of nitrogens with zero attached hydrogens (tertiary/aromatic N) is 6. The van der Waals surface area contributed by atoms with Crippen LogP contribution in [0, 0.1) is 56.2 Å². The van der Waals surface area contributed by atoms with Crippen LogP contribution >= 0.6 is 48.0 Å². The number of ether oxygens (including phenoxy) is 4. The molecule has 0 aliphatic carbocycles. The first-order valence-electron chi connectivity index (χ1n) is 37.1. The summed E-state index contributed by atoms with van der Waals surface area (Å²) in [6.07, 6.45) is -8.57. The molecule has 6 atom stereocenters. The van der Waals surface area contributed by atoms with Crippen molar-refractivity contribution in [2.45, 2.75) is 176 Å². The Morgan fingerprint density at radius 3 is 0.837 bits per heavy atom. The monoisotopic (exact) mass is 1800 g/mol. The Balaban J connectivity index is -0.000000669. The number of alkyl halides is 9. The molecule has 0 aliphatic rings. The summed E-state index contributed by atoms with van der Waals surface area (Å²) in [6.45, 7) is 8.87. The lowest BCUT2D eigenvalue weighted by atomic mass is 9.83. The first-order chi connectivity index (χ1) is 56.4. The van der Waals surface area contributed by atoms with Crippen molar-refractivity contribution in [1.29, 1.82) is 21.0 Å². The van der Waals surface area contributed by atoms with Gasteiger partial charge >= 0.3 is 22.8 Å². The highest BCUT2D eigenvalue weighted by Gasteiger charge is 2.32. The van der Waals surface area contributed by atoms with Crippen molar-refractivity contribution in [3.8, 4) is 24.3 Å². The maximum Gasteiger partial charge on any atom is 0.404 e. The van der Waals surface area contributed by atoms with Crippen molar-refractivity contribution >= 4 is 82.2 Å². The smallest absolute Gasteiger partial charge is 0.404 e. The number of nitrogens with two attached hydrogens (primary N) is 4. The molecule has 0 aliphatic heterocycles. The SMILES string of the molecule is C.C.CC(C#N)(CC(F)F)N=C(c1ccccc1)c1ccccc1.CC(C#N)(CCF)N=C(c1ccccc1)c1ccccc1.CC(CN)(CC(=O)OCc1ccccc1)CC(F)F.CC(CN)(CCF)CC(=O)OCc1ccccc1.CC(N)(C#N)CC(F)F.CC(N)(C#N)CCF.Cl.Cl.O=C(Cl)OCc1ccccc1.O=C(Cl)OCc1ccccc1. The van der Waals surface area contributed by atoms with E-state index in [1.165, 1.54) is 20.8 Å². The van der Waals surface area contributed by atoms with E-state index in [0.29, 0.717) is 11.4 Å². The first-order valence-corrected chi connectivity index (χ1v) is 37.9. The summed E-state index contributed by atoms with van der Waals surface area (Å²) in [5, 5.41) is 34.9. The van der Waals surface area contributed by atoms with Gasteiger partial charge in [0.15, 0.2) is 0 Å². The minimum atomic E-state index is -2.58. The number of carbonyl (C=O) groups is 4. The van der Waals surface area contributed by atoms with Crippen LogP contribution in [0.3, 0.4) is 0 Å². The molecular formula is C92H113Cl4F9N10O8. The van der Waals surface area contributed by atoms with Crippen LogP contribution in [0.1, 0.15) is 152 Å². The van der Waals surface area contributed by atoms with E-state index < -0.39 is 108 Å². The average molecular weight is 1800 g/mol. The fourth-order valence-corrected chi connectivity index (χ4v) is 9.73. The zero-order valence-corrected chi connectivity index (χ0v) is 71.2. The molecule has 0 amide bonds. The Hall–Kier alpha value is -10.7. The molecule has 670 valence electrons. The van der Waals surface area contributed by atoms with Crippen molar-refractivity contribution in [3.63, 3.8) is 0 Å². The summed E-state index contributed by atoms with van der Waals surface area (Å²) >= 11 is 9.93. The quantitative estimate of drug-likeness (QED) is 0.0100. The summed E-state index contributed by atoms with van der Waals surface area (Å²) in [4.78, 5) is 52.6. The topological polar surface area (TPSA) is 329 Å². The van der Waals surface area contributed by atoms with Crippen LogP contribution in [-0.4, -0.2) is 109 Å². The normalized spacial score (nSPS) is 12.8. The van der Waals surface area contributed by atoms with E-state index in [9.17, 15) is 69.2 Å². The second-order valence-corrected chi connectivity index (χ2v) is 28.6. The molecule has 0 bridgehead atoms. The number of benzene rings is 8. The second kappa shape index (κ2) is 65.9. The van der Waals surface area contributed by atoms with Crippen LogP contribution in [0.25, 0.3) is 0 Å². The number of hydrogen-bond acceptors (Lipinski definition) is 18. The molecule has 8 aromatic carbocycles. The molecule has 0 saturated heterocycles. The third kappa shape index (κ3) is 55.9. The Morgan fingerprint density at radius 1 is 0.366 bits per heavy atom. The number of halogens is 13. The van der Waals surface area contributed by atoms with E-state index in [0.717, 1.165) is 44.5 Å². The third-order valence-electron chi connectivity index (χ3n) is 16.6. The van der Waals surface area contributed by atoms with E-state index in [2.05, 4.69) is 25.5 Å². The van der Waals surface area contributed by atoms with Gasteiger partial charge in [-0.3, -0.25) is 32.7 Å². The van der Waals surface area contributed by atoms with Crippen LogP contribution < -0.4 is 22.9 Å². The molecule has 0 fully saturated rings. The summed E-state index contributed by atoms with van der Waals surface area (Å²) in [7, 11) is 0. The van der Waals surface area contributed by atoms with Gasteiger partial charge < -0.3 is 41.9 Å².